The van der Waals surface area contributed by atoms with Crippen LogP contribution in [0.5, 0.6) is 5.75 Å². The zero-order chi connectivity index (χ0) is 14.1. The van der Waals surface area contributed by atoms with E-state index in [9.17, 15) is 9.90 Å². The van der Waals surface area contributed by atoms with E-state index < -0.39 is 0 Å². The highest BCUT2D eigenvalue weighted by atomic mass is 16.3. The van der Waals surface area contributed by atoms with E-state index in [0.717, 1.165) is 12.0 Å². The van der Waals surface area contributed by atoms with Crippen molar-refractivity contribution in [3.63, 3.8) is 0 Å². The summed E-state index contributed by atoms with van der Waals surface area (Å²) in [5, 5.41) is 21.0. The summed E-state index contributed by atoms with van der Waals surface area (Å²) in [5.74, 6) is 0.233. The summed E-state index contributed by atoms with van der Waals surface area (Å²) in [7, 11) is 0. The van der Waals surface area contributed by atoms with E-state index in [4.69, 9.17) is 5.11 Å². The maximum absolute atomic E-state index is 11.8. The van der Waals surface area contributed by atoms with Gasteiger partial charge >= 0.3 is 6.03 Å². The lowest BCUT2D eigenvalue weighted by atomic mass is 10.1. The molecule has 0 saturated heterocycles. The number of aliphatic hydroxyl groups is 1. The van der Waals surface area contributed by atoms with Crippen molar-refractivity contribution in [2.75, 3.05) is 26.2 Å². The molecule has 3 N–H and O–H groups in total. The molecule has 0 fully saturated rings. The summed E-state index contributed by atoms with van der Waals surface area (Å²) in [4.78, 5) is 13.4. The number of aromatic hydroxyl groups is 1. The highest BCUT2D eigenvalue weighted by Crippen LogP contribution is 2.10. The van der Waals surface area contributed by atoms with E-state index in [1.54, 1.807) is 23.1 Å². The number of carbonyl (C=O) groups excluding carboxylic acids is 1. The van der Waals surface area contributed by atoms with E-state index in [1.165, 1.54) is 0 Å². The molecular formula is C14H22N2O3. The van der Waals surface area contributed by atoms with Crippen molar-refractivity contribution in [3.05, 3.63) is 29.8 Å². The first-order chi connectivity index (χ1) is 9.17. The predicted octanol–water partition coefficient (Wildman–Crippen LogP) is 1.35. The van der Waals surface area contributed by atoms with Crippen LogP contribution in [0.4, 0.5) is 4.79 Å². The van der Waals surface area contributed by atoms with E-state index >= 15 is 0 Å². The molecule has 0 bridgehead atoms. The minimum atomic E-state index is -0.156. The van der Waals surface area contributed by atoms with Crippen LogP contribution in [0, 0.1) is 0 Å². The molecule has 0 atom stereocenters. The van der Waals surface area contributed by atoms with Crippen LogP contribution in [-0.4, -0.2) is 47.4 Å². The number of nitrogens with one attached hydrogen (secondary N) is 1. The summed E-state index contributed by atoms with van der Waals surface area (Å²) < 4.78 is 0. The molecule has 5 nitrogen and oxygen atoms in total. The third-order valence-corrected chi connectivity index (χ3v) is 2.75. The SMILES string of the molecule is CCCN(CCO)C(=O)NCCc1cccc(O)c1. The number of benzene rings is 1. The van der Waals surface area contributed by atoms with Crippen LogP contribution in [0.15, 0.2) is 24.3 Å². The molecule has 0 aliphatic rings. The Labute approximate surface area is 113 Å². The van der Waals surface area contributed by atoms with Crippen LogP contribution >= 0.6 is 0 Å². The summed E-state index contributed by atoms with van der Waals surface area (Å²) in [6, 6.07) is 6.83. The molecule has 0 spiro atoms. The Morgan fingerprint density at radius 1 is 1.37 bits per heavy atom. The summed E-state index contributed by atoms with van der Waals surface area (Å²) in [6.07, 6.45) is 1.53. The molecule has 5 heteroatoms. The number of rotatable bonds is 7. The van der Waals surface area contributed by atoms with Crippen molar-refractivity contribution in [2.45, 2.75) is 19.8 Å². The zero-order valence-electron chi connectivity index (χ0n) is 11.3. The van der Waals surface area contributed by atoms with Crippen LogP contribution in [0.2, 0.25) is 0 Å². The van der Waals surface area contributed by atoms with Crippen molar-refractivity contribution < 1.29 is 15.0 Å². The first kappa shape index (κ1) is 15.3. The molecule has 0 radical (unpaired) electrons. The van der Waals surface area contributed by atoms with Crippen molar-refractivity contribution in [1.29, 1.82) is 0 Å². The second-order valence-electron chi connectivity index (χ2n) is 4.36. The van der Waals surface area contributed by atoms with Gasteiger partial charge in [0.1, 0.15) is 5.75 Å². The molecule has 19 heavy (non-hydrogen) atoms. The standard InChI is InChI=1S/C14H22N2O3/c1-2-8-16(9-10-17)14(19)15-7-6-12-4-3-5-13(18)11-12/h3-5,11,17-18H,2,6-10H2,1H3,(H,15,19). The molecule has 0 aliphatic heterocycles. The number of carbonyl (C=O) groups is 1. The molecule has 2 amide bonds. The molecule has 0 saturated carbocycles. The Kier molecular flexibility index (Phi) is 6.74. The Morgan fingerprint density at radius 3 is 2.79 bits per heavy atom. The maximum Gasteiger partial charge on any atom is 0.317 e. The van der Waals surface area contributed by atoms with E-state index in [-0.39, 0.29) is 18.4 Å². The minimum Gasteiger partial charge on any atom is -0.508 e. The number of nitrogens with zero attached hydrogens (tertiary/aromatic N) is 1. The second kappa shape index (κ2) is 8.37. The first-order valence-corrected chi connectivity index (χ1v) is 6.59. The van der Waals surface area contributed by atoms with Gasteiger partial charge in [-0.3, -0.25) is 0 Å². The van der Waals surface area contributed by atoms with E-state index in [0.29, 0.717) is 26.1 Å². The van der Waals surface area contributed by atoms with Crippen LogP contribution in [0.3, 0.4) is 0 Å². The van der Waals surface area contributed by atoms with Gasteiger partial charge in [-0.25, -0.2) is 4.79 Å². The van der Waals surface area contributed by atoms with E-state index in [1.807, 2.05) is 13.0 Å². The molecule has 0 unspecified atom stereocenters. The summed E-state index contributed by atoms with van der Waals surface area (Å²) >= 11 is 0. The molecule has 0 heterocycles. The van der Waals surface area contributed by atoms with Gasteiger partial charge in [0.05, 0.1) is 6.61 Å². The molecule has 1 aromatic rings. The van der Waals surface area contributed by atoms with Gasteiger partial charge in [-0.15, -0.1) is 0 Å². The van der Waals surface area contributed by atoms with Gasteiger partial charge in [0, 0.05) is 19.6 Å². The van der Waals surface area contributed by atoms with Crippen LogP contribution < -0.4 is 5.32 Å². The van der Waals surface area contributed by atoms with E-state index in [2.05, 4.69) is 5.32 Å². The van der Waals surface area contributed by atoms with Crippen molar-refractivity contribution in [1.82, 2.24) is 10.2 Å². The molecule has 106 valence electrons. The lowest BCUT2D eigenvalue weighted by Gasteiger charge is -2.21. The minimum absolute atomic E-state index is 0.0278. The fourth-order valence-electron chi connectivity index (χ4n) is 1.84. The van der Waals surface area contributed by atoms with Crippen LogP contribution in [0.25, 0.3) is 0 Å². The topological polar surface area (TPSA) is 72.8 Å². The third kappa shape index (κ3) is 5.61. The van der Waals surface area contributed by atoms with Gasteiger partial charge in [0.25, 0.3) is 0 Å². The lowest BCUT2D eigenvalue weighted by molar-refractivity contribution is 0.177. The number of phenols is 1. The zero-order valence-corrected chi connectivity index (χ0v) is 11.3. The quantitative estimate of drug-likeness (QED) is 0.697. The number of aliphatic hydroxyl groups excluding tert-OH is 1. The lowest BCUT2D eigenvalue weighted by Crippen LogP contribution is -2.42. The average molecular weight is 266 g/mol. The Balaban J connectivity index is 2.36. The molecule has 1 rings (SSSR count). The summed E-state index contributed by atoms with van der Waals surface area (Å²) in [6.45, 7) is 3.46. The van der Waals surface area contributed by atoms with Gasteiger partial charge in [-0.05, 0) is 30.5 Å². The highest BCUT2D eigenvalue weighted by molar-refractivity contribution is 5.74. The van der Waals surface area contributed by atoms with Crippen molar-refractivity contribution >= 4 is 6.03 Å². The largest absolute Gasteiger partial charge is 0.508 e. The van der Waals surface area contributed by atoms with Crippen LogP contribution in [-0.2, 0) is 6.42 Å². The summed E-state index contributed by atoms with van der Waals surface area (Å²) in [5.41, 5.74) is 0.976. The van der Waals surface area contributed by atoms with Crippen molar-refractivity contribution in [2.24, 2.45) is 0 Å². The third-order valence-electron chi connectivity index (χ3n) is 2.75. The van der Waals surface area contributed by atoms with Crippen LogP contribution in [0.1, 0.15) is 18.9 Å². The average Bonchev–Trinajstić information content (AvgIpc) is 2.38. The number of amides is 2. The predicted molar refractivity (Wildman–Crippen MR) is 74.2 cm³/mol. The first-order valence-electron chi connectivity index (χ1n) is 6.59. The smallest absolute Gasteiger partial charge is 0.317 e. The molecule has 1 aromatic carbocycles. The normalized spacial score (nSPS) is 10.2. The van der Waals surface area contributed by atoms with Gasteiger partial charge in [-0.1, -0.05) is 19.1 Å². The van der Waals surface area contributed by atoms with Gasteiger partial charge in [0.2, 0.25) is 0 Å². The number of hydrogen-bond acceptors (Lipinski definition) is 3. The molecular weight excluding hydrogens is 244 g/mol. The number of hydrogen-bond donors (Lipinski definition) is 3. The Morgan fingerprint density at radius 2 is 2.16 bits per heavy atom. The second-order valence-corrected chi connectivity index (χ2v) is 4.36. The fraction of sp³-hybridized carbons (Fsp3) is 0.500. The van der Waals surface area contributed by atoms with Gasteiger partial charge in [-0.2, -0.15) is 0 Å². The fourth-order valence-corrected chi connectivity index (χ4v) is 1.84. The maximum atomic E-state index is 11.8. The Bertz CT molecular complexity index is 390. The monoisotopic (exact) mass is 266 g/mol. The molecule has 0 aliphatic carbocycles. The number of urea groups is 1. The number of phenolic OH excluding ortho intramolecular Hbond substituents is 1. The molecule has 0 aromatic heterocycles. The van der Waals surface area contributed by atoms with Gasteiger partial charge in [0.15, 0.2) is 0 Å². The van der Waals surface area contributed by atoms with Crippen molar-refractivity contribution in [3.8, 4) is 5.75 Å². The Hall–Kier alpha value is -1.75. The van der Waals surface area contributed by atoms with Gasteiger partial charge < -0.3 is 20.4 Å². The highest BCUT2D eigenvalue weighted by Gasteiger charge is 2.10.